The third-order valence-electron chi connectivity index (χ3n) is 7.57. The Kier molecular flexibility index (Phi) is 13.8. The highest BCUT2D eigenvalue weighted by Gasteiger charge is 2.24. The number of hydrogen-bond donors (Lipinski definition) is 1. The molecule has 2 aromatic rings. The van der Waals surface area contributed by atoms with Crippen LogP contribution in [0.5, 0.6) is 5.75 Å². The van der Waals surface area contributed by atoms with E-state index in [1.807, 2.05) is 46.2 Å². The molecule has 0 aliphatic carbocycles. The molecule has 1 fully saturated rings. The summed E-state index contributed by atoms with van der Waals surface area (Å²) < 4.78 is 7.23. The van der Waals surface area contributed by atoms with Gasteiger partial charge < -0.3 is 19.9 Å². The minimum atomic E-state index is -0.0176. The summed E-state index contributed by atoms with van der Waals surface area (Å²) in [4.78, 5) is 31.6. The molecule has 220 valence electrons. The third-order valence-corrected chi connectivity index (χ3v) is 8.06. The Hall–Kier alpha value is -2.58. The second-order valence-corrected chi connectivity index (χ2v) is 11.4. The summed E-state index contributed by atoms with van der Waals surface area (Å²) in [5.74, 6) is 0.887. The van der Waals surface area contributed by atoms with Gasteiger partial charge in [0.05, 0.1) is 0 Å². The fourth-order valence-electron chi connectivity index (χ4n) is 4.91. The third kappa shape index (κ3) is 10.1. The highest BCUT2D eigenvalue weighted by atomic mass is 79.9. The highest BCUT2D eigenvalue weighted by molar-refractivity contribution is 9.10. The van der Waals surface area contributed by atoms with Crippen LogP contribution in [0, 0.1) is 0 Å². The molecule has 7 nitrogen and oxygen atoms in total. The van der Waals surface area contributed by atoms with Crippen LogP contribution < -0.4 is 10.1 Å². The van der Waals surface area contributed by atoms with E-state index < -0.39 is 0 Å². The molecule has 3 rings (SSSR count). The van der Waals surface area contributed by atoms with Crippen LogP contribution in [0.4, 0.5) is 4.79 Å². The van der Waals surface area contributed by atoms with E-state index in [9.17, 15) is 9.59 Å². The first kappa shape index (κ1) is 31.9. The standard InChI is InChI=1S/C32H47BrN4O3/c1-4-7-8-9-10-11-18-34-32(39)37-21-19-36(20-22-37)31(38)27-14-12-26(13-15-27)25-40-30-17-16-29(33)23-28(30)24-35(5-2)6-3/h12-17,23H,4-11,18-22,24-25H2,1-3H3,(H,34,39). The second-order valence-electron chi connectivity index (χ2n) is 10.5. The Bertz CT molecular complexity index is 1050. The van der Waals surface area contributed by atoms with Crippen LogP contribution in [0.1, 0.15) is 80.8 Å². The van der Waals surface area contributed by atoms with Gasteiger partial charge in [-0.2, -0.15) is 0 Å². The Morgan fingerprint density at radius 3 is 2.20 bits per heavy atom. The number of benzene rings is 2. The van der Waals surface area contributed by atoms with Gasteiger partial charge >= 0.3 is 6.03 Å². The van der Waals surface area contributed by atoms with Crippen LogP contribution in [0.2, 0.25) is 0 Å². The minimum Gasteiger partial charge on any atom is -0.489 e. The van der Waals surface area contributed by atoms with Crippen molar-refractivity contribution in [1.82, 2.24) is 20.0 Å². The Morgan fingerprint density at radius 1 is 0.875 bits per heavy atom. The SMILES string of the molecule is CCCCCCCCNC(=O)N1CCN(C(=O)c2ccc(COc3ccc(Br)cc3CN(CC)CC)cc2)CC1. The number of urea groups is 1. The average molecular weight is 616 g/mol. The summed E-state index contributed by atoms with van der Waals surface area (Å²) in [6.07, 6.45) is 7.24. The maximum Gasteiger partial charge on any atom is 0.317 e. The van der Waals surface area contributed by atoms with Gasteiger partial charge in [-0.3, -0.25) is 9.69 Å². The average Bonchev–Trinajstić information content (AvgIpc) is 2.98. The van der Waals surface area contributed by atoms with Crippen molar-refractivity contribution in [3.63, 3.8) is 0 Å². The molecular weight excluding hydrogens is 568 g/mol. The summed E-state index contributed by atoms with van der Waals surface area (Å²) in [5.41, 5.74) is 2.83. The lowest BCUT2D eigenvalue weighted by Gasteiger charge is -2.34. The lowest BCUT2D eigenvalue weighted by molar-refractivity contribution is 0.0665. The molecule has 1 saturated heterocycles. The zero-order valence-corrected chi connectivity index (χ0v) is 26.2. The monoisotopic (exact) mass is 614 g/mol. The number of hydrogen-bond acceptors (Lipinski definition) is 4. The first-order valence-corrected chi connectivity index (χ1v) is 15.8. The number of carbonyl (C=O) groups excluding carboxylic acids is 2. The van der Waals surface area contributed by atoms with Gasteiger partial charge in [-0.15, -0.1) is 0 Å². The fourth-order valence-corrected chi connectivity index (χ4v) is 5.32. The number of carbonyl (C=O) groups is 2. The molecule has 0 atom stereocenters. The largest absolute Gasteiger partial charge is 0.489 e. The summed E-state index contributed by atoms with van der Waals surface area (Å²) >= 11 is 3.58. The van der Waals surface area contributed by atoms with Crippen molar-refractivity contribution < 1.29 is 14.3 Å². The fraction of sp³-hybridized carbons (Fsp3) is 0.562. The van der Waals surface area contributed by atoms with Gasteiger partial charge in [-0.25, -0.2) is 4.79 Å². The molecule has 3 amide bonds. The van der Waals surface area contributed by atoms with Crippen molar-refractivity contribution in [3.05, 3.63) is 63.6 Å². The number of unbranched alkanes of at least 4 members (excludes halogenated alkanes) is 5. The molecule has 0 saturated carbocycles. The van der Waals surface area contributed by atoms with E-state index in [0.29, 0.717) is 38.3 Å². The van der Waals surface area contributed by atoms with Crippen molar-refractivity contribution in [2.24, 2.45) is 0 Å². The summed E-state index contributed by atoms with van der Waals surface area (Å²) in [7, 11) is 0. The molecule has 8 heteroatoms. The predicted octanol–water partition coefficient (Wildman–Crippen LogP) is 6.70. The Balaban J connectivity index is 1.43. The molecule has 0 unspecified atom stereocenters. The molecular formula is C32H47BrN4O3. The smallest absolute Gasteiger partial charge is 0.317 e. The second kappa shape index (κ2) is 17.3. The van der Waals surface area contributed by atoms with Crippen LogP contribution in [-0.4, -0.2) is 72.5 Å². The molecule has 1 aliphatic rings. The Labute approximate surface area is 249 Å². The van der Waals surface area contributed by atoms with E-state index in [1.165, 1.54) is 25.7 Å². The molecule has 1 N–H and O–H groups in total. The van der Waals surface area contributed by atoms with Gasteiger partial charge in [0, 0.05) is 54.9 Å². The number of nitrogens with zero attached hydrogens (tertiary/aromatic N) is 3. The summed E-state index contributed by atoms with van der Waals surface area (Å²) in [6.45, 7) is 12.7. The van der Waals surface area contributed by atoms with Crippen LogP contribution in [0.25, 0.3) is 0 Å². The predicted molar refractivity (Wildman–Crippen MR) is 166 cm³/mol. The first-order chi connectivity index (χ1) is 19.4. The van der Waals surface area contributed by atoms with Crippen molar-refractivity contribution >= 4 is 27.9 Å². The molecule has 0 radical (unpaired) electrons. The molecule has 1 heterocycles. The zero-order chi connectivity index (χ0) is 28.7. The van der Waals surface area contributed by atoms with Gasteiger partial charge in [0.15, 0.2) is 0 Å². The summed E-state index contributed by atoms with van der Waals surface area (Å²) in [5, 5.41) is 3.04. The number of rotatable bonds is 15. The topological polar surface area (TPSA) is 65.1 Å². The molecule has 0 bridgehead atoms. The van der Waals surface area contributed by atoms with E-state index in [4.69, 9.17) is 4.74 Å². The van der Waals surface area contributed by atoms with Gasteiger partial charge in [0.25, 0.3) is 5.91 Å². The highest BCUT2D eigenvalue weighted by Crippen LogP contribution is 2.26. The number of amides is 3. The van der Waals surface area contributed by atoms with E-state index in [2.05, 4.69) is 53.0 Å². The van der Waals surface area contributed by atoms with E-state index in [1.54, 1.807) is 0 Å². The number of nitrogens with one attached hydrogen (secondary N) is 1. The first-order valence-electron chi connectivity index (χ1n) is 15.0. The van der Waals surface area contributed by atoms with Crippen LogP contribution in [0.3, 0.4) is 0 Å². The zero-order valence-electron chi connectivity index (χ0n) is 24.6. The lowest BCUT2D eigenvalue weighted by Crippen LogP contribution is -2.53. The normalized spacial score (nSPS) is 13.5. The van der Waals surface area contributed by atoms with Crippen molar-refractivity contribution in [1.29, 1.82) is 0 Å². The number of piperazine rings is 1. The molecule has 2 aromatic carbocycles. The minimum absolute atomic E-state index is 0.00836. The van der Waals surface area contributed by atoms with Crippen LogP contribution in [0.15, 0.2) is 46.9 Å². The Morgan fingerprint density at radius 2 is 1.52 bits per heavy atom. The number of ether oxygens (including phenoxy) is 1. The van der Waals surface area contributed by atoms with E-state index >= 15 is 0 Å². The van der Waals surface area contributed by atoms with Crippen LogP contribution >= 0.6 is 15.9 Å². The lowest BCUT2D eigenvalue weighted by atomic mass is 10.1. The molecule has 0 aromatic heterocycles. The summed E-state index contributed by atoms with van der Waals surface area (Å²) in [6, 6.07) is 13.8. The van der Waals surface area contributed by atoms with Crippen molar-refractivity contribution in [3.8, 4) is 5.75 Å². The van der Waals surface area contributed by atoms with Crippen molar-refractivity contribution in [2.75, 3.05) is 45.8 Å². The molecule has 1 aliphatic heterocycles. The quantitative estimate of drug-likeness (QED) is 0.227. The van der Waals surface area contributed by atoms with E-state index in [0.717, 1.165) is 60.4 Å². The maximum atomic E-state index is 13.1. The molecule has 0 spiro atoms. The van der Waals surface area contributed by atoms with Crippen molar-refractivity contribution in [2.45, 2.75) is 72.4 Å². The number of halogens is 1. The van der Waals surface area contributed by atoms with E-state index in [-0.39, 0.29) is 11.9 Å². The van der Waals surface area contributed by atoms with Gasteiger partial charge in [-0.1, -0.05) is 80.9 Å². The van der Waals surface area contributed by atoms with Gasteiger partial charge in [0.2, 0.25) is 0 Å². The van der Waals surface area contributed by atoms with Gasteiger partial charge in [-0.05, 0) is 55.4 Å². The molecule has 40 heavy (non-hydrogen) atoms. The maximum absolute atomic E-state index is 13.1. The van der Waals surface area contributed by atoms with Gasteiger partial charge in [0.1, 0.15) is 12.4 Å². The van der Waals surface area contributed by atoms with Crippen LogP contribution in [-0.2, 0) is 13.2 Å².